The zero-order valence-corrected chi connectivity index (χ0v) is 12.1. The summed E-state index contributed by atoms with van der Waals surface area (Å²) in [5.41, 5.74) is 3.23. The zero-order valence-electron chi connectivity index (χ0n) is 12.1. The second kappa shape index (κ2) is 5.79. The number of para-hydroxylation sites is 1. The topological polar surface area (TPSA) is 47.0 Å². The first-order valence-corrected chi connectivity index (χ1v) is 6.85. The van der Waals surface area contributed by atoms with Gasteiger partial charge < -0.3 is 10.1 Å². The summed E-state index contributed by atoms with van der Waals surface area (Å²) in [6.45, 7) is 2.73. The van der Waals surface area contributed by atoms with Crippen molar-refractivity contribution >= 4 is 16.7 Å². The maximum absolute atomic E-state index is 5.35. The Labute approximate surface area is 123 Å². The number of ether oxygens (including phenoxy) is 1. The van der Waals surface area contributed by atoms with E-state index in [1.54, 1.807) is 13.4 Å². The van der Waals surface area contributed by atoms with Crippen molar-refractivity contribution < 1.29 is 4.74 Å². The molecular formula is C17H17N3O. The fourth-order valence-electron chi connectivity index (χ4n) is 2.31. The molecule has 2 aromatic carbocycles. The summed E-state index contributed by atoms with van der Waals surface area (Å²) in [6, 6.07) is 14.2. The Hall–Kier alpha value is -2.62. The summed E-state index contributed by atoms with van der Waals surface area (Å²) >= 11 is 0. The Morgan fingerprint density at radius 1 is 1.10 bits per heavy atom. The first-order chi connectivity index (χ1) is 10.3. The predicted molar refractivity (Wildman–Crippen MR) is 84.6 cm³/mol. The van der Waals surface area contributed by atoms with Crippen LogP contribution in [0.1, 0.15) is 11.1 Å². The fraction of sp³-hybridized carbons (Fsp3) is 0.176. The van der Waals surface area contributed by atoms with Crippen molar-refractivity contribution in [1.29, 1.82) is 0 Å². The van der Waals surface area contributed by atoms with Gasteiger partial charge in [0.05, 0.1) is 12.6 Å². The van der Waals surface area contributed by atoms with Gasteiger partial charge in [0.15, 0.2) is 0 Å². The molecular weight excluding hydrogens is 262 g/mol. The van der Waals surface area contributed by atoms with Gasteiger partial charge in [-0.25, -0.2) is 9.97 Å². The molecule has 0 aliphatic carbocycles. The lowest BCUT2D eigenvalue weighted by Gasteiger charge is -2.10. The van der Waals surface area contributed by atoms with Gasteiger partial charge in [-0.3, -0.25) is 0 Å². The average Bonchev–Trinajstić information content (AvgIpc) is 2.54. The molecule has 1 N–H and O–H groups in total. The van der Waals surface area contributed by atoms with E-state index >= 15 is 0 Å². The van der Waals surface area contributed by atoms with Gasteiger partial charge >= 0.3 is 0 Å². The summed E-state index contributed by atoms with van der Waals surface area (Å²) in [5.74, 6) is 1.75. The third-order valence-corrected chi connectivity index (χ3v) is 3.48. The van der Waals surface area contributed by atoms with Crippen LogP contribution in [-0.4, -0.2) is 17.1 Å². The lowest BCUT2D eigenvalue weighted by Crippen LogP contribution is -2.03. The Balaban J connectivity index is 1.83. The summed E-state index contributed by atoms with van der Waals surface area (Å²) < 4.78 is 5.35. The number of aromatic nitrogens is 2. The van der Waals surface area contributed by atoms with Crippen LogP contribution in [0.2, 0.25) is 0 Å². The number of methoxy groups -OCH3 is 1. The number of benzene rings is 2. The molecule has 0 unspecified atom stereocenters. The molecule has 4 nitrogen and oxygen atoms in total. The maximum atomic E-state index is 5.35. The van der Waals surface area contributed by atoms with E-state index < -0.39 is 0 Å². The van der Waals surface area contributed by atoms with Crippen molar-refractivity contribution in [2.45, 2.75) is 13.5 Å². The molecule has 0 fully saturated rings. The van der Waals surface area contributed by atoms with Crippen molar-refractivity contribution in [3.05, 3.63) is 59.9 Å². The molecule has 4 heteroatoms. The third-order valence-electron chi connectivity index (χ3n) is 3.48. The number of nitrogens with one attached hydrogen (secondary N) is 1. The van der Waals surface area contributed by atoms with Crippen LogP contribution >= 0.6 is 0 Å². The molecule has 0 atom stereocenters. The molecule has 0 saturated carbocycles. The molecule has 21 heavy (non-hydrogen) atoms. The van der Waals surface area contributed by atoms with Gasteiger partial charge in [-0.15, -0.1) is 0 Å². The molecule has 0 aliphatic heterocycles. The Morgan fingerprint density at radius 2 is 1.95 bits per heavy atom. The van der Waals surface area contributed by atoms with Gasteiger partial charge in [-0.2, -0.15) is 0 Å². The smallest absolute Gasteiger partial charge is 0.137 e. The SMILES string of the molecule is COc1cc(CNc2ncnc3ccccc23)ccc1C. The van der Waals surface area contributed by atoms with E-state index in [0.29, 0.717) is 6.54 Å². The summed E-state index contributed by atoms with van der Waals surface area (Å²) in [6.07, 6.45) is 1.58. The van der Waals surface area contributed by atoms with Crippen molar-refractivity contribution in [2.75, 3.05) is 12.4 Å². The van der Waals surface area contributed by atoms with Crippen molar-refractivity contribution in [1.82, 2.24) is 9.97 Å². The fourth-order valence-corrected chi connectivity index (χ4v) is 2.31. The number of hydrogen-bond donors (Lipinski definition) is 1. The highest BCUT2D eigenvalue weighted by molar-refractivity contribution is 5.88. The minimum Gasteiger partial charge on any atom is -0.496 e. The molecule has 0 aliphatic rings. The van der Waals surface area contributed by atoms with E-state index in [2.05, 4.69) is 27.4 Å². The van der Waals surface area contributed by atoms with Crippen molar-refractivity contribution in [3.63, 3.8) is 0 Å². The normalized spacial score (nSPS) is 10.6. The average molecular weight is 279 g/mol. The van der Waals surface area contributed by atoms with Gasteiger partial charge in [0.25, 0.3) is 0 Å². The molecule has 1 heterocycles. The minimum absolute atomic E-state index is 0.692. The van der Waals surface area contributed by atoms with Crippen LogP contribution in [0, 0.1) is 6.92 Å². The molecule has 3 aromatic rings. The summed E-state index contributed by atoms with van der Waals surface area (Å²) in [4.78, 5) is 8.59. The molecule has 0 amide bonds. The predicted octanol–water partition coefficient (Wildman–Crippen LogP) is 3.56. The molecule has 0 spiro atoms. The largest absolute Gasteiger partial charge is 0.496 e. The van der Waals surface area contributed by atoms with E-state index in [1.807, 2.05) is 37.3 Å². The number of hydrogen-bond acceptors (Lipinski definition) is 4. The van der Waals surface area contributed by atoms with Crippen LogP contribution in [0.4, 0.5) is 5.82 Å². The number of fused-ring (bicyclic) bond motifs is 1. The molecule has 1 aromatic heterocycles. The van der Waals surface area contributed by atoms with Gasteiger partial charge in [-0.1, -0.05) is 24.3 Å². The number of anilines is 1. The monoisotopic (exact) mass is 279 g/mol. The highest BCUT2D eigenvalue weighted by Crippen LogP contribution is 2.22. The summed E-state index contributed by atoms with van der Waals surface area (Å²) in [7, 11) is 1.69. The first kappa shape index (κ1) is 13.4. The van der Waals surface area contributed by atoms with Gasteiger partial charge in [-0.05, 0) is 36.2 Å². The maximum Gasteiger partial charge on any atom is 0.137 e. The van der Waals surface area contributed by atoms with Gasteiger partial charge in [0.1, 0.15) is 17.9 Å². The quantitative estimate of drug-likeness (QED) is 0.793. The number of aryl methyl sites for hydroxylation is 1. The first-order valence-electron chi connectivity index (χ1n) is 6.85. The molecule has 0 radical (unpaired) electrons. The van der Waals surface area contributed by atoms with Crippen LogP contribution in [0.25, 0.3) is 10.9 Å². The zero-order chi connectivity index (χ0) is 14.7. The minimum atomic E-state index is 0.692. The third kappa shape index (κ3) is 2.79. The van der Waals surface area contributed by atoms with Crippen LogP contribution < -0.4 is 10.1 Å². The van der Waals surface area contributed by atoms with E-state index in [0.717, 1.165) is 33.6 Å². The number of rotatable bonds is 4. The molecule has 3 rings (SSSR count). The van der Waals surface area contributed by atoms with E-state index in [-0.39, 0.29) is 0 Å². The number of nitrogens with zero attached hydrogens (tertiary/aromatic N) is 2. The van der Waals surface area contributed by atoms with Crippen molar-refractivity contribution in [2.24, 2.45) is 0 Å². The lowest BCUT2D eigenvalue weighted by atomic mass is 10.1. The van der Waals surface area contributed by atoms with Gasteiger partial charge in [0.2, 0.25) is 0 Å². The van der Waals surface area contributed by atoms with E-state index in [4.69, 9.17) is 4.74 Å². The highest BCUT2D eigenvalue weighted by Gasteiger charge is 2.04. The van der Waals surface area contributed by atoms with Crippen LogP contribution in [-0.2, 0) is 6.54 Å². The lowest BCUT2D eigenvalue weighted by molar-refractivity contribution is 0.411. The van der Waals surface area contributed by atoms with E-state index in [1.165, 1.54) is 0 Å². The Kier molecular flexibility index (Phi) is 3.69. The highest BCUT2D eigenvalue weighted by atomic mass is 16.5. The van der Waals surface area contributed by atoms with Crippen LogP contribution in [0.5, 0.6) is 5.75 Å². The molecule has 0 bridgehead atoms. The molecule has 0 saturated heterocycles. The Morgan fingerprint density at radius 3 is 2.81 bits per heavy atom. The second-order valence-corrected chi connectivity index (χ2v) is 4.90. The van der Waals surface area contributed by atoms with Crippen LogP contribution in [0.3, 0.4) is 0 Å². The Bertz CT molecular complexity index is 766. The van der Waals surface area contributed by atoms with E-state index in [9.17, 15) is 0 Å². The van der Waals surface area contributed by atoms with Gasteiger partial charge in [0, 0.05) is 11.9 Å². The van der Waals surface area contributed by atoms with Crippen molar-refractivity contribution in [3.8, 4) is 5.75 Å². The summed E-state index contributed by atoms with van der Waals surface area (Å²) in [5, 5.41) is 4.39. The van der Waals surface area contributed by atoms with Crippen LogP contribution in [0.15, 0.2) is 48.8 Å². The second-order valence-electron chi connectivity index (χ2n) is 4.90. The standard InChI is InChI=1S/C17H17N3O/c1-12-7-8-13(9-16(12)21-2)10-18-17-14-5-3-4-6-15(14)19-11-20-17/h3-9,11H,10H2,1-2H3,(H,18,19,20). The molecule has 106 valence electrons.